The molecule has 0 unspecified atom stereocenters. The van der Waals surface area contributed by atoms with Crippen molar-refractivity contribution < 1.29 is 0 Å². The average Bonchev–Trinajstić information content (AvgIpc) is 2.23. The normalized spacial score (nSPS) is 13.3. The lowest BCUT2D eigenvalue weighted by Gasteiger charge is -2.18. The minimum atomic E-state index is 0.197. The van der Waals surface area contributed by atoms with Gasteiger partial charge in [0, 0.05) is 0 Å². The summed E-state index contributed by atoms with van der Waals surface area (Å²) in [6.07, 6.45) is 1.51. The van der Waals surface area contributed by atoms with Gasteiger partial charge in [0.2, 0.25) is 0 Å². The summed E-state index contributed by atoms with van der Waals surface area (Å²) in [4.78, 5) is 8.08. The number of hydrogen-bond acceptors (Lipinski definition) is 1. The number of amidine groups is 1. The Hall–Kier alpha value is -1.64. The number of nitrogens with two attached hydrogens (primary N) is 1. The van der Waals surface area contributed by atoms with E-state index in [1.807, 2.05) is 0 Å². The van der Waals surface area contributed by atoms with Crippen molar-refractivity contribution in [1.82, 2.24) is 0 Å². The highest BCUT2D eigenvalue weighted by Gasteiger charge is 2.12. The molecule has 1 aromatic rings. The smallest absolute Gasteiger partial charge is 0.112 e. The molecule has 0 amide bonds. The lowest BCUT2D eigenvalue weighted by molar-refractivity contribution is 0.590. The van der Waals surface area contributed by atoms with Crippen molar-refractivity contribution in [2.45, 2.75) is 39.7 Å². The molecule has 0 atom stereocenters. The summed E-state index contributed by atoms with van der Waals surface area (Å²) < 4.78 is 0. The number of nitrogens with zero attached hydrogens (tertiary/aromatic N) is 2. The van der Waals surface area contributed by atoms with E-state index in [1.165, 1.54) is 17.5 Å². The molecule has 17 heavy (non-hydrogen) atoms. The van der Waals surface area contributed by atoms with Crippen molar-refractivity contribution in [3.05, 3.63) is 35.4 Å². The molecule has 1 aromatic carbocycles. The van der Waals surface area contributed by atoms with Crippen molar-refractivity contribution >= 4 is 12.2 Å². The molecule has 0 aliphatic heterocycles. The molecule has 1 rings (SSSR count). The molecule has 0 aromatic heterocycles. The maximum atomic E-state index is 5.40. The van der Waals surface area contributed by atoms with Crippen LogP contribution in [0.2, 0.25) is 0 Å². The predicted octanol–water partition coefficient (Wildman–Crippen LogP) is 2.89. The van der Waals surface area contributed by atoms with Gasteiger partial charge in [-0.3, -0.25) is 4.99 Å². The Labute approximate surface area is 103 Å². The van der Waals surface area contributed by atoms with Gasteiger partial charge in [0.1, 0.15) is 6.34 Å². The summed E-state index contributed by atoms with van der Waals surface area (Å²) in [7, 11) is 0. The Morgan fingerprint density at radius 2 is 1.82 bits per heavy atom. The van der Waals surface area contributed by atoms with Crippen LogP contribution in [0.1, 0.15) is 38.8 Å². The molecule has 3 nitrogen and oxygen atoms in total. The summed E-state index contributed by atoms with van der Waals surface area (Å²) in [6, 6.07) is 8.53. The summed E-state index contributed by atoms with van der Waals surface area (Å²) in [5.41, 5.74) is 8.11. The molecule has 0 aliphatic rings. The molecule has 0 bridgehead atoms. The third kappa shape index (κ3) is 4.81. The van der Waals surface area contributed by atoms with Gasteiger partial charge in [-0.05, 0) is 23.5 Å². The lowest BCUT2D eigenvalue weighted by atomic mass is 9.87. The van der Waals surface area contributed by atoms with E-state index < -0.39 is 0 Å². The molecule has 0 aliphatic carbocycles. The molecule has 92 valence electrons. The van der Waals surface area contributed by atoms with Crippen LogP contribution < -0.4 is 5.73 Å². The molecule has 0 heterocycles. The Morgan fingerprint density at radius 1 is 1.24 bits per heavy atom. The second-order valence-electron chi connectivity index (χ2n) is 5.17. The van der Waals surface area contributed by atoms with Gasteiger partial charge in [0.05, 0.1) is 12.4 Å². The van der Waals surface area contributed by atoms with Crippen molar-refractivity contribution in [3.8, 4) is 0 Å². The van der Waals surface area contributed by atoms with Gasteiger partial charge >= 0.3 is 0 Å². The predicted molar refractivity (Wildman–Crippen MR) is 74.6 cm³/mol. The zero-order valence-corrected chi connectivity index (χ0v) is 11.1. The van der Waals surface area contributed by atoms with E-state index >= 15 is 0 Å². The first-order valence-electron chi connectivity index (χ1n) is 5.77. The van der Waals surface area contributed by atoms with Gasteiger partial charge in [0.25, 0.3) is 0 Å². The summed E-state index contributed by atoms with van der Waals surface area (Å²) in [5.74, 6) is 0.525. The molecule has 0 radical (unpaired) electrons. The van der Waals surface area contributed by atoms with Crippen LogP contribution >= 0.6 is 0 Å². The van der Waals surface area contributed by atoms with Crippen LogP contribution in [-0.4, -0.2) is 12.2 Å². The van der Waals surface area contributed by atoms with Crippen LogP contribution in [0.5, 0.6) is 0 Å². The van der Waals surface area contributed by atoms with Crippen LogP contribution in [0.15, 0.2) is 34.3 Å². The SMILES string of the molecule is CC(N)=NC=NCc1ccc(C(C)(C)C)cc1. The molecule has 0 saturated carbocycles. The molecular formula is C14H21N3. The highest BCUT2D eigenvalue weighted by molar-refractivity contribution is 5.85. The number of rotatable bonds is 3. The van der Waals surface area contributed by atoms with Crippen LogP contribution in [-0.2, 0) is 12.0 Å². The number of benzene rings is 1. The molecule has 0 spiro atoms. The Kier molecular flexibility index (Phi) is 4.44. The second-order valence-corrected chi connectivity index (χ2v) is 5.17. The summed E-state index contributed by atoms with van der Waals surface area (Å²) in [6.45, 7) is 9.00. The average molecular weight is 231 g/mol. The quantitative estimate of drug-likeness (QED) is 0.631. The van der Waals surface area contributed by atoms with Crippen LogP contribution in [0, 0.1) is 0 Å². The summed E-state index contributed by atoms with van der Waals surface area (Å²) >= 11 is 0. The van der Waals surface area contributed by atoms with E-state index in [4.69, 9.17) is 5.73 Å². The van der Waals surface area contributed by atoms with Crippen LogP contribution in [0.25, 0.3) is 0 Å². The molecule has 2 N–H and O–H groups in total. The number of hydrogen-bond donors (Lipinski definition) is 1. The van der Waals surface area contributed by atoms with E-state index in [2.05, 4.69) is 55.0 Å². The fourth-order valence-corrected chi connectivity index (χ4v) is 1.39. The number of aliphatic imine (C=N–C) groups is 2. The van der Waals surface area contributed by atoms with Crippen molar-refractivity contribution in [2.24, 2.45) is 15.7 Å². The molecular weight excluding hydrogens is 210 g/mol. The van der Waals surface area contributed by atoms with E-state index in [-0.39, 0.29) is 5.41 Å². The fraction of sp³-hybridized carbons (Fsp3) is 0.429. The van der Waals surface area contributed by atoms with Crippen LogP contribution in [0.3, 0.4) is 0 Å². The van der Waals surface area contributed by atoms with Gasteiger partial charge in [-0.25, -0.2) is 4.99 Å². The topological polar surface area (TPSA) is 50.7 Å². The fourth-order valence-electron chi connectivity index (χ4n) is 1.39. The third-order valence-electron chi connectivity index (χ3n) is 2.44. The van der Waals surface area contributed by atoms with E-state index in [0.29, 0.717) is 12.4 Å². The first kappa shape index (κ1) is 13.4. The van der Waals surface area contributed by atoms with E-state index in [0.717, 1.165) is 0 Å². The van der Waals surface area contributed by atoms with Gasteiger partial charge in [-0.2, -0.15) is 0 Å². The van der Waals surface area contributed by atoms with Crippen molar-refractivity contribution in [1.29, 1.82) is 0 Å². The van der Waals surface area contributed by atoms with Crippen molar-refractivity contribution in [2.75, 3.05) is 0 Å². The largest absolute Gasteiger partial charge is 0.387 e. The van der Waals surface area contributed by atoms with E-state index in [1.54, 1.807) is 6.92 Å². The molecule has 0 saturated heterocycles. The van der Waals surface area contributed by atoms with Gasteiger partial charge in [-0.1, -0.05) is 45.0 Å². The minimum absolute atomic E-state index is 0.197. The Bertz CT molecular complexity index is 404. The van der Waals surface area contributed by atoms with Gasteiger partial charge < -0.3 is 5.73 Å². The second kappa shape index (κ2) is 5.62. The highest BCUT2D eigenvalue weighted by atomic mass is 14.9. The Morgan fingerprint density at radius 3 is 2.29 bits per heavy atom. The molecule has 0 fully saturated rings. The zero-order valence-electron chi connectivity index (χ0n) is 11.1. The van der Waals surface area contributed by atoms with Gasteiger partial charge in [-0.15, -0.1) is 0 Å². The first-order valence-corrected chi connectivity index (χ1v) is 5.77. The highest BCUT2D eigenvalue weighted by Crippen LogP contribution is 2.22. The first-order chi connectivity index (χ1) is 7.89. The maximum absolute atomic E-state index is 5.40. The van der Waals surface area contributed by atoms with Gasteiger partial charge in [0.15, 0.2) is 0 Å². The van der Waals surface area contributed by atoms with Crippen molar-refractivity contribution in [3.63, 3.8) is 0 Å². The van der Waals surface area contributed by atoms with Crippen LogP contribution in [0.4, 0.5) is 0 Å². The zero-order chi connectivity index (χ0) is 12.9. The Balaban J connectivity index is 2.64. The lowest BCUT2D eigenvalue weighted by Crippen LogP contribution is -2.10. The molecule has 3 heteroatoms. The van der Waals surface area contributed by atoms with E-state index in [9.17, 15) is 0 Å². The third-order valence-corrected chi connectivity index (χ3v) is 2.44. The standard InChI is InChI=1S/C14H21N3/c1-11(15)17-10-16-9-12-5-7-13(8-6-12)14(2,3)4/h5-8,10H,9H2,1-4H3,(H2,15,16,17). The monoisotopic (exact) mass is 231 g/mol. The summed E-state index contributed by atoms with van der Waals surface area (Å²) in [5, 5.41) is 0. The maximum Gasteiger partial charge on any atom is 0.112 e. The minimum Gasteiger partial charge on any atom is -0.387 e.